The van der Waals surface area contributed by atoms with E-state index in [2.05, 4.69) is 27.7 Å². The van der Waals surface area contributed by atoms with Gasteiger partial charge in [0.2, 0.25) is 0 Å². The van der Waals surface area contributed by atoms with Crippen LogP contribution in [-0.2, 0) is 0 Å². The number of hydrogen-bond acceptors (Lipinski definition) is 0. The number of hydrogen-bond donors (Lipinski definition) is 0. The van der Waals surface area contributed by atoms with E-state index in [1.54, 1.807) is 0 Å². The fourth-order valence-corrected chi connectivity index (χ4v) is 7.00. The summed E-state index contributed by atoms with van der Waals surface area (Å²) in [7, 11) is 0. The van der Waals surface area contributed by atoms with Gasteiger partial charge in [-0.1, -0.05) is 220 Å². The maximum atomic E-state index is 7.53. The van der Waals surface area contributed by atoms with Gasteiger partial charge < -0.3 is 0 Å². The molecule has 1 unspecified atom stereocenters. The molecule has 0 radical (unpaired) electrons. The Morgan fingerprint density at radius 3 is 0.850 bits per heavy atom. The second-order valence-corrected chi connectivity index (χ2v) is 14.5. The molecule has 0 saturated carbocycles. The molecular formula is C39H79Cl. The number of rotatable bonds is 34. The van der Waals surface area contributed by atoms with E-state index < -0.39 is 0 Å². The van der Waals surface area contributed by atoms with Gasteiger partial charge in [0.05, 0.1) is 0 Å². The highest BCUT2D eigenvalue weighted by Crippen LogP contribution is 2.39. The van der Waals surface area contributed by atoms with Gasteiger partial charge in [0.15, 0.2) is 0 Å². The molecule has 0 spiro atoms. The van der Waals surface area contributed by atoms with Crippen molar-refractivity contribution in [3.63, 3.8) is 0 Å². The summed E-state index contributed by atoms with van der Waals surface area (Å²) in [5, 5.41) is 0. The van der Waals surface area contributed by atoms with Gasteiger partial charge in [-0.15, -0.1) is 11.6 Å². The molecule has 0 saturated heterocycles. The molecule has 0 aliphatic heterocycles. The van der Waals surface area contributed by atoms with Crippen molar-refractivity contribution in [2.45, 2.75) is 244 Å². The summed E-state index contributed by atoms with van der Waals surface area (Å²) in [5.74, 6) is 0.667. The van der Waals surface area contributed by atoms with Crippen molar-refractivity contribution >= 4 is 11.6 Å². The lowest BCUT2D eigenvalue weighted by Gasteiger charge is -2.34. The molecule has 1 atom stereocenters. The monoisotopic (exact) mass is 583 g/mol. The Morgan fingerprint density at radius 1 is 0.350 bits per heavy atom. The van der Waals surface area contributed by atoms with Crippen molar-refractivity contribution in [1.82, 2.24) is 0 Å². The maximum Gasteiger partial charge on any atom is 0.0472 e. The predicted octanol–water partition coefficient (Wildman–Crippen LogP) is 15.5. The van der Waals surface area contributed by atoms with Gasteiger partial charge in [0.1, 0.15) is 0 Å². The SMILES string of the molecule is CCCCCCCCCCCCC(C)C(Cl)(CCCCCCCCCCCC)CCCCCCCCCCCC. The molecule has 0 fully saturated rings. The first-order valence-corrected chi connectivity index (χ1v) is 19.7. The molecule has 0 aromatic rings. The highest BCUT2D eigenvalue weighted by Gasteiger charge is 2.32. The summed E-state index contributed by atoms with van der Waals surface area (Å²) in [6.45, 7) is 9.43. The summed E-state index contributed by atoms with van der Waals surface area (Å²) >= 11 is 7.53. The minimum Gasteiger partial charge on any atom is -0.119 e. The molecule has 0 aliphatic rings. The maximum absolute atomic E-state index is 7.53. The Hall–Kier alpha value is 0.290. The summed E-state index contributed by atoms with van der Waals surface area (Å²) in [5.41, 5.74) is 0. The van der Waals surface area contributed by atoms with Crippen LogP contribution in [0.2, 0.25) is 0 Å². The number of alkyl halides is 1. The average Bonchev–Trinajstić information content (AvgIpc) is 2.96. The van der Waals surface area contributed by atoms with E-state index in [1.807, 2.05) is 0 Å². The molecule has 242 valence electrons. The molecule has 0 nitrogen and oxygen atoms in total. The minimum atomic E-state index is 0.0551. The highest BCUT2D eigenvalue weighted by atomic mass is 35.5. The average molecular weight is 584 g/mol. The Kier molecular flexibility index (Phi) is 32.4. The van der Waals surface area contributed by atoms with E-state index in [4.69, 9.17) is 11.6 Å². The van der Waals surface area contributed by atoms with Gasteiger partial charge in [0.25, 0.3) is 0 Å². The van der Waals surface area contributed by atoms with Crippen LogP contribution in [0.15, 0.2) is 0 Å². The summed E-state index contributed by atoms with van der Waals surface area (Å²) in [6.07, 6.45) is 46.5. The molecular weight excluding hydrogens is 504 g/mol. The largest absolute Gasteiger partial charge is 0.119 e. The topological polar surface area (TPSA) is 0 Å². The molecule has 0 aromatic carbocycles. The highest BCUT2D eigenvalue weighted by molar-refractivity contribution is 6.24. The third-order valence-corrected chi connectivity index (χ3v) is 10.5. The van der Waals surface area contributed by atoms with Gasteiger partial charge in [-0.2, -0.15) is 0 Å². The molecule has 0 N–H and O–H groups in total. The van der Waals surface area contributed by atoms with Gasteiger partial charge in [-0.05, 0) is 25.2 Å². The molecule has 0 aliphatic carbocycles. The van der Waals surface area contributed by atoms with E-state index in [-0.39, 0.29) is 4.87 Å². The smallest absolute Gasteiger partial charge is 0.0472 e. The molecule has 0 bridgehead atoms. The normalized spacial score (nSPS) is 12.8. The van der Waals surface area contributed by atoms with Gasteiger partial charge in [-0.3, -0.25) is 0 Å². The van der Waals surface area contributed by atoms with Crippen LogP contribution in [0.5, 0.6) is 0 Å². The van der Waals surface area contributed by atoms with Crippen LogP contribution >= 0.6 is 11.6 Å². The van der Waals surface area contributed by atoms with E-state index in [0.29, 0.717) is 5.92 Å². The van der Waals surface area contributed by atoms with Crippen molar-refractivity contribution in [1.29, 1.82) is 0 Å². The first kappa shape index (κ1) is 40.3. The summed E-state index contributed by atoms with van der Waals surface area (Å²) in [6, 6.07) is 0. The van der Waals surface area contributed by atoms with Gasteiger partial charge in [-0.25, -0.2) is 0 Å². The van der Waals surface area contributed by atoms with Gasteiger partial charge in [0, 0.05) is 4.87 Å². The van der Waals surface area contributed by atoms with Crippen molar-refractivity contribution in [2.75, 3.05) is 0 Å². The van der Waals surface area contributed by atoms with Crippen molar-refractivity contribution in [3.05, 3.63) is 0 Å². The van der Waals surface area contributed by atoms with Crippen molar-refractivity contribution in [2.24, 2.45) is 5.92 Å². The van der Waals surface area contributed by atoms with Crippen molar-refractivity contribution in [3.8, 4) is 0 Å². The fourth-order valence-electron chi connectivity index (χ4n) is 6.63. The first-order valence-electron chi connectivity index (χ1n) is 19.3. The van der Waals surface area contributed by atoms with Crippen LogP contribution in [-0.4, -0.2) is 4.87 Å². The van der Waals surface area contributed by atoms with Crippen LogP contribution in [0.25, 0.3) is 0 Å². The van der Waals surface area contributed by atoms with E-state index in [0.717, 1.165) is 0 Å². The van der Waals surface area contributed by atoms with Crippen LogP contribution in [0, 0.1) is 5.92 Å². The lowest BCUT2D eigenvalue weighted by atomic mass is 9.80. The lowest BCUT2D eigenvalue weighted by molar-refractivity contribution is 0.304. The Morgan fingerprint density at radius 2 is 0.575 bits per heavy atom. The minimum absolute atomic E-state index is 0.0551. The number of halogens is 1. The third-order valence-electron chi connectivity index (χ3n) is 9.77. The Bertz CT molecular complexity index is 434. The lowest BCUT2D eigenvalue weighted by Crippen LogP contribution is -2.30. The fraction of sp³-hybridized carbons (Fsp3) is 1.00. The zero-order valence-electron chi connectivity index (χ0n) is 28.8. The van der Waals surface area contributed by atoms with Crippen LogP contribution < -0.4 is 0 Å². The zero-order valence-corrected chi connectivity index (χ0v) is 29.5. The molecule has 0 aromatic heterocycles. The summed E-state index contributed by atoms with van der Waals surface area (Å²) in [4.78, 5) is 0.0551. The Balaban J connectivity index is 4.23. The predicted molar refractivity (Wildman–Crippen MR) is 187 cm³/mol. The Labute approximate surface area is 261 Å². The van der Waals surface area contributed by atoms with Crippen LogP contribution in [0.4, 0.5) is 0 Å². The second-order valence-electron chi connectivity index (χ2n) is 13.8. The molecule has 0 rings (SSSR count). The molecule has 1 heteroatoms. The quantitative estimate of drug-likeness (QED) is 0.0522. The summed E-state index contributed by atoms with van der Waals surface area (Å²) < 4.78 is 0. The van der Waals surface area contributed by atoms with E-state index in [9.17, 15) is 0 Å². The molecule has 40 heavy (non-hydrogen) atoms. The van der Waals surface area contributed by atoms with E-state index >= 15 is 0 Å². The van der Waals surface area contributed by atoms with E-state index in [1.165, 1.54) is 212 Å². The number of unbranched alkanes of at least 4 members (excludes halogenated alkanes) is 27. The first-order chi connectivity index (χ1) is 19.6. The second kappa shape index (κ2) is 32.2. The van der Waals surface area contributed by atoms with Crippen LogP contribution in [0.3, 0.4) is 0 Å². The van der Waals surface area contributed by atoms with Crippen LogP contribution in [0.1, 0.15) is 240 Å². The van der Waals surface area contributed by atoms with Crippen molar-refractivity contribution < 1.29 is 0 Å². The molecule has 0 heterocycles. The molecule has 0 amide bonds. The zero-order chi connectivity index (χ0) is 29.4. The standard InChI is InChI=1S/C39H79Cl/c1-5-8-11-14-17-20-23-26-29-32-35-38(4)39(40,36-33-30-27-24-21-18-15-12-9-6-2)37-34-31-28-25-22-19-16-13-10-7-3/h38H,5-37H2,1-4H3. The van der Waals surface area contributed by atoms with Gasteiger partial charge >= 0.3 is 0 Å². The third kappa shape index (κ3) is 27.1.